The van der Waals surface area contributed by atoms with Crippen molar-refractivity contribution in [1.82, 2.24) is 4.90 Å². The fourth-order valence-electron chi connectivity index (χ4n) is 2.20. The number of rotatable bonds is 3. The third-order valence-electron chi connectivity index (χ3n) is 3.21. The number of halogens is 1. The first-order valence-electron chi connectivity index (χ1n) is 5.82. The number of piperidine rings is 1. The van der Waals surface area contributed by atoms with E-state index in [0.717, 1.165) is 0 Å². The maximum Gasteiger partial charge on any atom is 0.303 e. The molecule has 0 spiro atoms. The van der Waals surface area contributed by atoms with Crippen LogP contribution in [0.4, 0.5) is 0 Å². The number of carboxylic acid groups (broad SMARTS) is 1. The Labute approximate surface area is 109 Å². The van der Waals surface area contributed by atoms with Crippen LogP contribution in [-0.2, 0) is 4.79 Å². The van der Waals surface area contributed by atoms with Crippen LogP contribution in [0.25, 0.3) is 0 Å². The SMILES string of the molecule is O=C(O)CC1CCN(C(=O)c2ccoc2Cl)CC1. The molecular formula is C12H14ClNO4. The summed E-state index contributed by atoms with van der Waals surface area (Å²) in [6.07, 6.45) is 2.99. The van der Waals surface area contributed by atoms with E-state index in [0.29, 0.717) is 31.5 Å². The summed E-state index contributed by atoms with van der Waals surface area (Å²) >= 11 is 5.76. The third-order valence-corrected chi connectivity index (χ3v) is 3.51. The molecule has 1 aliphatic heterocycles. The van der Waals surface area contributed by atoms with Gasteiger partial charge in [0.05, 0.1) is 11.8 Å². The van der Waals surface area contributed by atoms with Crippen molar-refractivity contribution in [3.05, 3.63) is 23.1 Å². The molecule has 1 fully saturated rings. The van der Waals surface area contributed by atoms with Gasteiger partial charge < -0.3 is 14.4 Å². The van der Waals surface area contributed by atoms with Gasteiger partial charge in [-0.3, -0.25) is 9.59 Å². The van der Waals surface area contributed by atoms with Gasteiger partial charge in [-0.2, -0.15) is 0 Å². The van der Waals surface area contributed by atoms with Gasteiger partial charge in [-0.05, 0) is 36.4 Å². The summed E-state index contributed by atoms with van der Waals surface area (Å²) in [5.41, 5.74) is 0.369. The molecule has 1 aliphatic rings. The number of carbonyl (C=O) groups is 2. The Balaban J connectivity index is 1.92. The zero-order valence-electron chi connectivity index (χ0n) is 9.76. The highest BCUT2D eigenvalue weighted by molar-refractivity contribution is 6.32. The van der Waals surface area contributed by atoms with Crippen LogP contribution < -0.4 is 0 Å². The largest absolute Gasteiger partial charge is 0.481 e. The molecule has 6 heteroatoms. The molecular weight excluding hydrogens is 258 g/mol. The van der Waals surface area contributed by atoms with Crippen molar-refractivity contribution in [2.24, 2.45) is 5.92 Å². The van der Waals surface area contributed by atoms with Crippen LogP contribution >= 0.6 is 11.6 Å². The van der Waals surface area contributed by atoms with Gasteiger partial charge in [0.25, 0.3) is 5.91 Å². The summed E-state index contributed by atoms with van der Waals surface area (Å²) in [4.78, 5) is 24.4. The van der Waals surface area contributed by atoms with Gasteiger partial charge in [0.1, 0.15) is 0 Å². The van der Waals surface area contributed by atoms with Crippen LogP contribution in [0.15, 0.2) is 16.7 Å². The summed E-state index contributed by atoms with van der Waals surface area (Å²) in [5, 5.41) is 8.82. The van der Waals surface area contributed by atoms with Crippen molar-refractivity contribution in [3.63, 3.8) is 0 Å². The van der Waals surface area contributed by atoms with E-state index < -0.39 is 5.97 Å². The fourth-order valence-corrected chi connectivity index (χ4v) is 2.40. The zero-order valence-corrected chi connectivity index (χ0v) is 10.5. The molecule has 0 aliphatic carbocycles. The van der Waals surface area contributed by atoms with E-state index in [1.54, 1.807) is 11.0 Å². The van der Waals surface area contributed by atoms with Crippen molar-refractivity contribution >= 4 is 23.5 Å². The number of amides is 1. The average Bonchev–Trinajstić information content (AvgIpc) is 2.75. The molecule has 1 saturated heterocycles. The molecule has 0 aromatic carbocycles. The number of carboxylic acids is 1. The number of carbonyl (C=O) groups excluding carboxylic acids is 1. The molecule has 98 valence electrons. The van der Waals surface area contributed by atoms with Gasteiger partial charge in [-0.25, -0.2) is 0 Å². The molecule has 0 bridgehead atoms. The number of likely N-dealkylation sites (tertiary alicyclic amines) is 1. The van der Waals surface area contributed by atoms with Gasteiger partial charge in [0, 0.05) is 19.5 Å². The zero-order chi connectivity index (χ0) is 13.1. The van der Waals surface area contributed by atoms with Crippen molar-refractivity contribution in [3.8, 4) is 0 Å². The average molecular weight is 272 g/mol. The number of hydrogen-bond donors (Lipinski definition) is 1. The van der Waals surface area contributed by atoms with Gasteiger partial charge in [0.2, 0.25) is 5.22 Å². The van der Waals surface area contributed by atoms with Crippen molar-refractivity contribution in [2.75, 3.05) is 13.1 Å². The van der Waals surface area contributed by atoms with Crippen LogP contribution in [-0.4, -0.2) is 35.0 Å². The number of nitrogens with zero attached hydrogens (tertiary/aromatic N) is 1. The summed E-state index contributed by atoms with van der Waals surface area (Å²) in [6.45, 7) is 1.14. The summed E-state index contributed by atoms with van der Waals surface area (Å²) < 4.78 is 4.89. The number of hydrogen-bond acceptors (Lipinski definition) is 3. The Morgan fingerprint density at radius 1 is 1.44 bits per heavy atom. The van der Waals surface area contributed by atoms with E-state index in [9.17, 15) is 9.59 Å². The second-order valence-corrected chi connectivity index (χ2v) is 4.78. The van der Waals surface area contributed by atoms with E-state index in [-0.39, 0.29) is 23.5 Å². The van der Waals surface area contributed by atoms with Gasteiger partial charge in [-0.1, -0.05) is 0 Å². The highest BCUT2D eigenvalue weighted by Crippen LogP contribution is 2.24. The second kappa shape index (κ2) is 5.44. The molecule has 1 N–H and O–H groups in total. The van der Waals surface area contributed by atoms with Crippen LogP contribution in [0.1, 0.15) is 29.6 Å². The van der Waals surface area contributed by atoms with Gasteiger partial charge in [-0.15, -0.1) is 0 Å². The predicted molar refractivity (Wildman–Crippen MR) is 64.6 cm³/mol. The fraction of sp³-hybridized carbons (Fsp3) is 0.500. The van der Waals surface area contributed by atoms with Crippen molar-refractivity contribution in [2.45, 2.75) is 19.3 Å². The van der Waals surface area contributed by atoms with Crippen LogP contribution in [0, 0.1) is 5.92 Å². The number of aliphatic carboxylic acids is 1. The first-order valence-corrected chi connectivity index (χ1v) is 6.19. The highest BCUT2D eigenvalue weighted by Gasteiger charge is 2.26. The lowest BCUT2D eigenvalue weighted by atomic mass is 9.93. The molecule has 1 aromatic rings. The van der Waals surface area contributed by atoms with Crippen LogP contribution in [0.5, 0.6) is 0 Å². The standard InChI is InChI=1S/C12H14ClNO4/c13-11-9(3-6-18-11)12(17)14-4-1-8(2-5-14)7-10(15)16/h3,6,8H,1-2,4-5,7H2,(H,15,16). The van der Waals surface area contributed by atoms with Gasteiger partial charge >= 0.3 is 5.97 Å². The van der Waals surface area contributed by atoms with Crippen molar-refractivity contribution < 1.29 is 19.1 Å². The van der Waals surface area contributed by atoms with E-state index >= 15 is 0 Å². The maximum absolute atomic E-state index is 12.1. The molecule has 0 radical (unpaired) electrons. The molecule has 0 unspecified atom stereocenters. The molecule has 1 amide bonds. The monoisotopic (exact) mass is 271 g/mol. The first kappa shape index (κ1) is 13.0. The molecule has 18 heavy (non-hydrogen) atoms. The summed E-state index contributed by atoms with van der Waals surface area (Å²) in [7, 11) is 0. The van der Waals surface area contributed by atoms with Crippen molar-refractivity contribution in [1.29, 1.82) is 0 Å². The van der Waals surface area contributed by atoms with E-state index in [1.165, 1.54) is 6.26 Å². The van der Waals surface area contributed by atoms with E-state index in [4.69, 9.17) is 21.1 Å². The smallest absolute Gasteiger partial charge is 0.303 e. The van der Waals surface area contributed by atoms with E-state index in [1.807, 2.05) is 0 Å². The second-order valence-electron chi connectivity index (χ2n) is 4.44. The summed E-state index contributed by atoms with van der Waals surface area (Å²) in [6, 6.07) is 1.55. The molecule has 1 aromatic heterocycles. The quantitative estimate of drug-likeness (QED) is 0.915. The van der Waals surface area contributed by atoms with Crippen LogP contribution in [0.2, 0.25) is 5.22 Å². The number of furan rings is 1. The van der Waals surface area contributed by atoms with Crippen LogP contribution in [0.3, 0.4) is 0 Å². The molecule has 2 rings (SSSR count). The Morgan fingerprint density at radius 2 is 2.11 bits per heavy atom. The van der Waals surface area contributed by atoms with Gasteiger partial charge in [0.15, 0.2) is 0 Å². The first-order chi connectivity index (χ1) is 8.58. The lowest BCUT2D eigenvalue weighted by Crippen LogP contribution is -2.38. The minimum absolute atomic E-state index is 0.104. The Morgan fingerprint density at radius 3 is 2.61 bits per heavy atom. The molecule has 0 saturated carbocycles. The van der Waals surface area contributed by atoms with E-state index in [2.05, 4.69) is 0 Å². The summed E-state index contributed by atoms with van der Waals surface area (Å²) in [5.74, 6) is -0.772. The molecule has 5 nitrogen and oxygen atoms in total. The Hall–Kier alpha value is -1.49. The molecule has 0 atom stereocenters. The maximum atomic E-state index is 12.1. The molecule has 2 heterocycles. The lowest BCUT2D eigenvalue weighted by Gasteiger charge is -2.31. The minimum Gasteiger partial charge on any atom is -0.481 e. The predicted octanol–water partition coefficient (Wildman–Crippen LogP) is 2.26. The topological polar surface area (TPSA) is 70.8 Å². The normalized spacial score (nSPS) is 16.8. The lowest BCUT2D eigenvalue weighted by molar-refractivity contribution is -0.138. The Kier molecular flexibility index (Phi) is 3.91. The minimum atomic E-state index is -0.780. The highest BCUT2D eigenvalue weighted by atomic mass is 35.5. The Bertz CT molecular complexity index is 449. The third kappa shape index (κ3) is 2.85.